The summed E-state index contributed by atoms with van der Waals surface area (Å²) in [5.41, 5.74) is 6.43. The molecule has 0 unspecified atom stereocenters. The first kappa shape index (κ1) is 16.8. The third-order valence-corrected chi connectivity index (χ3v) is 7.25. The Labute approximate surface area is 159 Å². The van der Waals surface area contributed by atoms with E-state index in [1.54, 1.807) is 6.20 Å². The zero-order valence-corrected chi connectivity index (χ0v) is 15.3. The number of carbonyl (C=O) groups is 1. The molecule has 142 valence electrons. The number of carbonyl (C=O) groups excluding carboxylic acids is 1. The molecule has 2 aromatic heterocycles. The number of hydrogen-bond acceptors (Lipinski definition) is 7. The number of nitrogens with two attached hydrogens (primary N) is 1. The van der Waals surface area contributed by atoms with Crippen LogP contribution in [0.15, 0.2) is 18.6 Å². The van der Waals surface area contributed by atoms with Gasteiger partial charge in [-0.15, -0.1) is 0 Å². The molecule has 27 heavy (non-hydrogen) atoms. The number of nitrogens with one attached hydrogen (secondary N) is 2. The van der Waals surface area contributed by atoms with Crippen LogP contribution in [0.25, 0.3) is 0 Å². The first-order valence-electron chi connectivity index (χ1n) is 9.08. The maximum absolute atomic E-state index is 14.4. The monoisotopic (exact) mass is 389 g/mol. The van der Waals surface area contributed by atoms with Gasteiger partial charge < -0.3 is 16.4 Å². The minimum Gasteiger partial charge on any atom is -0.369 e. The largest absolute Gasteiger partial charge is 0.369 e. The van der Waals surface area contributed by atoms with Crippen molar-refractivity contribution in [3.63, 3.8) is 0 Å². The summed E-state index contributed by atoms with van der Waals surface area (Å²) >= 11 is 1.90. The topological polar surface area (TPSA) is 111 Å². The second-order valence-corrected chi connectivity index (χ2v) is 8.76. The number of aromatic nitrogens is 4. The van der Waals surface area contributed by atoms with Gasteiger partial charge in [-0.05, 0) is 24.7 Å². The van der Waals surface area contributed by atoms with E-state index in [9.17, 15) is 9.18 Å². The van der Waals surface area contributed by atoms with Crippen LogP contribution in [0.1, 0.15) is 12.8 Å². The lowest BCUT2D eigenvalue weighted by molar-refractivity contribution is -0.123. The van der Waals surface area contributed by atoms with Crippen LogP contribution in [-0.2, 0) is 11.3 Å². The van der Waals surface area contributed by atoms with Crippen LogP contribution < -0.4 is 16.4 Å². The molecule has 0 radical (unpaired) electrons. The normalized spacial score (nSPS) is 31.7. The van der Waals surface area contributed by atoms with Crippen molar-refractivity contribution < 1.29 is 9.18 Å². The van der Waals surface area contributed by atoms with Gasteiger partial charge >= 0.3 is 0 Å². The fourth-order valence-corrected chi connectivity index (χ4v) is 6.27. The lowest BCUT2D eigenvalue weighted by Gasteiger charge is -2.35. The van der Waals surface area contributed by atoms with Gasteiger partial charge in [0, 0.05) is 23.2 Å². The number of thioether (sulfide) groups is 1. The molecule has 0 saturated heterocycles. The Bertz CT molecular complexity index is 890. The Kier molecular flexibility index (Phi) is 3.96. The molecule has 5 atom stereocenters. The first-order chi connectivity index (χ1) is 13.1. The van der Waals surface area contributed by atoms with E-state index in [-0.39, 0.29) is 41.5 Å². The predicted molar refractivity (Wildman–Crippen MR) is 100 cm³/mol. The van der Waals surface area contributed by atoms with Crippen LogP contribution >= 0.6 is 11.8 Å². The number of primary amides is 1. The molecule has 2 aliphatic carbocycles. The van der Waals surface area contributed by atoms with Crippen LogP contribution in [-0.4, -0.2) is 42.7 Å². The van der Waals surface area contributed by atoms with Crippen molar-refractivity contribution >= 4 is 35.1 Å². The quantitative estimate of drug-likeness (QED) is 0.679. The fraction of sp³-hybridized carbons (Fsp3) is 0.529. The predicted octanol–water partition coefficient (Wildman–Crippen LogP) is 1.59. The van der Waals surface area contributed by atoms with Gasteiger partial charge in [-0.3, -0.25) is 9.48 Å². The molecule has 0 spiro atoms. The van der Waals surface area contributed by atoms with Crippen LogP contribution in [0.5, 0.6) is 0 Å². The molecule has 10 heteroatoms. The minimum atomic E-state index is -0.543. The number of aryl methyl sites for hydroxylation is 1. The lowest BCUT2D eigenvalue weighted by Crippen LogP contribution is -2.46. The van der Waals surface area contributed by atoms with Crippen LogP contribution in [0.4, 0.5) is 21.8 Å². The molecule has 0 aromatic carbocycles. The molecule has 3 aliphatic rings. The summed E-state index contributed by atoms with van der Waals surface area (Å²) in [6, 6.07) is -0.202. The number of halogens is 1. The highest BCUT2D eigenvalue weighted by Crippen LogP contribution is 2.53. The molecule has 1 aliphatic heterocycles. The summed E-state index contributed by atoms with van der Waals surface area (Å²) in [6.07, 6.45) is 6.63. The van der Waals surface area contributed by atoms with E-state index in [0.717, 1.165) is 37.0 Å². The van der Waals surface area contributed by atoms with Gasteiger partial charge in [-0.2, -0.15) is 21.8 Å². The average Bonchev–Trinajstić information content (AvgIpc) is 3.32. The van der Waals surface area contributed by atoms with Gasteiger partial charge in [0.2, 0.25) is 11.9 Å². The third kappa shape index (κ3) is 2.91. The van der Waals surface area contributed by atoms with Gasteiger partial charge in [0.15, 0.2) is 11.6 Å². The number of anilines is 3. The highest BCUT2D eigenvalue weighted by atomic mass is 32.2. The van der Waals surface area contributed by atoms with E-state index in [0.29, 0.717) is 5.25 Å². The highest BCUT2D eigenvalue weighted by Gasteiger charge is 2.55. The van der Waals surface area contributed by atoms with E-state index in [4.69, 9.17) is 5.73 Å². The smallest absolute Gasteiger partial charge is 0.229 e. The number of amides is 1. The van der Waals surface area contributed by atoms with Crippen LogP contribution in [0, 0.1) is 23.6 Å². The summed E-state index contributed by atoms with van der Waals surface area (Å²) in [5.74, 6) is 0.660. The summed E-state index contributed by atoms with van der Waals surface area (Å²) in [6.45, 7) is 0.799. The zero-order chi connectivity index (χ0) is 18.5. The second kappa shape index (κ2) is 6.36. The maximum Gasteiger partial charge on any atom is 0.229 e. The number of hydrogen-bond donors (Lipinski definition) is 3. The van der Waals surface area contributed by atoms with Crippen molar-refractivity contribution in [2.45, 2.75) is 30.7 Å². The van der Waals surface area contributed by atoms with Gasteiger partial charge in [0.1, 0.15) is 0 Å². The van der Waals surface area contributed by atoms with Gasteiger partial charge in [0.05, 0.1) is 30.5 Å². The summed E-state index contributed by atoms with van der Waals surface area (Å²) in [7, 11) is 0. The van der Waals surface area contributed by atoms with Crippen molar-refractivity contribution in [2.75, 3.05) is 16.4 Å². The van der Waals surface area contributed by atoms with Crippen molar-refractivity contribution in [1.82, 2.24) is 19.7 Å². The molecule has 2 saturated carbocycles. The Balaban J connectivity index is 1.53. The molecular formula is C17H20FN7OS. The molecule has 1 amide bonds. The molecule has 6 bridgehead atoms. The molecule has 5 rings (SSSR count). The molecule has 4 N–H and O–H groups in total. The van der Waals surface area contributed by atoms with E-state index < -0.39 is 5.82 Å². The molecular weight excluding hydrogens is 369 g/mol. The van der Waals surface area contributed by atoms with E-state index in [2.05, 4.69) is 25.7 Å². The molecule has 2 aromatic rings. The highest BCUT2D eigenvalue weighted by molar-refractivity contribution is 7.99. The number of fused-ring (bicyclic) bond motifs is 5. The second-order valence-electron chi connectivity index (χ2n) is 7.41. The Morgan fingerprint density at radius 1 is 1.37 bits per heavy atom. The molecule has 8 nitrogen and oxygen atoms in total. The number of nitrogens with zero attached hydrogens (tertiary/aromatic N) is 4. The average molecular weight is 389 g/mol. The van der Waals surface area contributed by atoms with Crippen molar-refractivity contribution in [2.24, 2.45) is 23.5 Å². The Morgan fingerprint density at radius 2 is 2.26 bits per heavy atom. The summed E-state index contributed by atoms with van der Waals surface area (Å²) in [4.78, 5) is 20.4. The number of rotatable bonds is 1. The fourth-order valence-electron chi connectivity index (χ4n) is 4.76. The lowest BCUT2D eigenvalue weighted by atomic mass is 9.83. The van der Waals surface area contributed by atoms with E-state index in [1.807, 2.05) is 22.6 Å². The Hall–Kier alpha value is -2.36. The Morgan fingerprint density at radius 3 is 3.11 bits per heavy atom. The third-order valence-electron chi connectivity index (χ3n) is 5.86. The van der Waals surface area contributed by atoms with Crippen molar-refractivity contribution in [3.05, 3.63) is 24.4 Å². The summed E-state index contributed by atoms with van der Waals surface area (Å²) < 4.78 is 16.2. The summed E-state index contributed by atoms with van der Waals surface area (Å²) in [5, 5.41) is 11.0. The SMILES string of the molecule is NC(=O)[C@H]1[C@@H]2C[C@H]3[C@H]1Nc1nc(ncc1F)Nc1cnn(c1)CCS[C@@H]3C2. The van der Waals surface area contributed by atoms with Crippen molar-refractivity contribution in [1.29, 1.82) is 0 Å². The first-order valence-corrected chi connectivity index (χ1v) is 10.1. The minimum absolute atomic E-state index is 0.101. The van der Waals surface area contributed by atoms with Crippen LogP contribution in [0.2, 0.25) is 0 Å². The van der Waals surface area contributed by atoms with Gasteiger partial charge in [0.25, 0.3) is 0 Å². The van der Waals surface area contributed by atoms with E-state index in [1.165, 1.54) is 0 Å². The van der Waals surface area contributed by atoms with Gasteiger partial charge in [-0.1, -0.05) is 0 Å². The molecule has 2 fully saturated rings. The standard InChI is InChI=1S/C17H20FN7OS/c18-11-6-20-17-22-9-5-21-25(7-9)1-2-27-12-4-8-3-10(12)14(13(8)15(19)26)23-16(11)24-17/h5-8,10,12-14H,1-4H2,(H2,19,26)(H2,20,22,23,24)/t8-,10-,12-,13+,14-/m1/s1. The van der Waals surface area contributed by atoms with Crippen molar-refractivity contribution in [3.8, 4) is 0 Å². The van der Waals surface area contributed by atoms with Crippen LogP contribution in [0.3, 0.4) is 0 Å². The molecule has 3 heterocycles. The maximum atomic E-state index is 14.4. The van der Waals surface area contributed by atoms with E-state index >= 15 is 0 Å². The van der Waals surface area contributed by atoms with Gasteiger partial charge in [-0.25, -0.2) is 9.37 Å². The zero-order valence-electron chi connectivity index (χ0n) is 14.5.